The molecule has 2 heterocycles. The second-order valence-electron chi connectivity index (χ2n) is 7.58. The summed E-state index contributed by atoms with van der Waals surface area (Å²) in [6.07, 6.45) is 0.999. The van der Waals surface area contributed by atoms with Crippen LogP contribution in [0.15, 0.2) is 43.5 Å². The molecule has 4 rings (SSSR count). The van der Waals surface area contributed by atoms with E-state index in [1.54, 1.807) is 12.1 Å². The molecule has 0 atom stereocenters. The summed E-state index contributed by atoms with van der Waals surface area (Å²) in [4.78, 5) is 5.94. The van der Waals surface area contributed by atoms with Crippen LogP contribution in [0.3, 0.4) is 0 Å². The van der Waals surface area contributed by atoms with Gasteiger partial charge in [0.1, 0.15) is 16.5 Å². The fraction of sp³-hybridized carbons (Fsp3) is 0.286. The third-order valence-electron chi connectivity index (χ3n) is 5.42. The van der Waals surface area contributed by atoms with E-state index in [0.29, 0.717) is 19.5 Å². The predicted molar refractivity (Wildman–Crippen MR) is 131 cm³/mol. The topological polar surface area (TPSA) is 50.3 Å². The maximum absolute atomic E-state index is 14.6. The Morgan fingerprint density at radius 2 is 1.82 bits per heavy atom. The number of nitrogens with zero attached hydrogens (tertiary/aromatic N) is 2. The molecule has 0 amide bonds. The zero-order chi connectivity index (χ0) is 23.9. The smallest absolute Gasteiger partial charge is 0.185 e. The van der Waals surface area contributed by atoms with Crippen LogP contribution in [0.2, 0.25) is 5.02 Å². The average molecular weight is 645 g/mol. The van der Waals surface area contributed by atoms with Crippen LogP contribution < -0.4 is 4.90 Å². The largest absolute Gasteiger partial charge is 0.348 e. The van der Waals surface area contributed by atoms with Crippen LogP contribution in [-0.4, -0.2) is 31.7 Å². The molecule has 3 aromatic rings. The molecule has 4 nitrogen and oxygen atoms in total. The van der Waals surface area contributed by atoms with Crippen LogP contribution in [0.5, 0.6) is 0 Å². The summed E-state index contributed by atoms with van der Waals surface area (Å²) in [5.41, 5.74) is 1.62. The minimum Gasteiger partial charge on any atom is -0.348 e. The van der Waals surface area contributed by atoms with Crippen molar-refractivity contribution in [2.24, 2.45) is 0 Å². The van der Waals surface area contributed by atoms with Crippen molar-refractivity contribution in [2.75, 3.05) is 18.0 Å². The van der Waals surface area contributed by atoms with Crippen LogP contribution in [0.1, 0.15) is 24.1 Å². The summed E-state index contributed by atoms with van der Waals surface area (Å²) in [5.74, 6) is -2.33. The molecule has 12 heteroatoms. The van der Waals surface area contributed by atoms with Crippen molar-refractivity contribution in [3.05, 3.63) is 72.3 Å². The Labute approximate surface area is 215 Å². The van der Waals surface area contributed by atoms with Gasteiger partial charge in [-0.3, -0.25) is 0 Å². The van der Waals surface area contributed by atoms with Gasteiger partial charge in [-0.25, -0.2) is 26.6 Å². The molecule has 33 heavy (non-hydrogen) atoms. The molecule has 0 spiro atoms. The number of benzene rings is 2. The quantitative estimate of drug-likeness (QED) is 0.288. The van der Waals surface area contributed by atoms with E-state index in [1.807, 2.05) is 10.3 Å². The van der Waals surface area contributed by atoms with Crippen LogP contribution >= 0.6 is 54.8 Å². The maximum atomic E-state index is 14.6. The highest BCUT2D eigenvalue weighted by molar-refractivity contribution is 9.11. The monoisotopic (exact) mass is 642 g/mol. The van der Waals surface area contributed by atoms with Gasteiger partial charge in [-0.05, 0) is 68.5 Å². The highest BCUT2D eigenvalue weighted by atomic mass is 79.9. The molecular formula is C21H16Br2ClF3N2O2S2. The predicted octanol–water partition coefficient (Wildman–Crippen LogP) is 6.77. The molecule has 0 N–H and O–H groups in total. The number of piperidine rings is 1. The SMILES string of the molecule is O=S(=O)(c1c(F)c(Br)cc(F)c1Br)C1CCN(c2nc(Cc3ccc(F)c(Cl)c3)cs2)CC1. The van der Waals surface area contributed by atoms with Gasteiger partial charge in [-0.2, -0.15) is 0 Å². The van der Waals surface area contributed by atoms with Gasteiger partial charge in [0.25, 0.3) is 0 Å². The third kappa shape index (κ3) is 5.12. The van der Waals surface area contributed by atoms with E-state index >= 15 is 0 Å². The van der Waals surface area contributed by atoms with Crippen LogP contribution in [0.4, 0.5) is 18.3 Å². The number of hydrogen-bond donors (Lipinski definition) is 0. The van der Waals surface area contributed by atoms with Crippen molar-refractivity contribution in [3.8, 4) is 0 Å². The van der Waals surface area contributed by atoms with Gasteiger partial charge in [0, 0.05) is 24.9 Å². The standard InChI is InChI=1S/C21H16Br2ClF3N2O2S2/c22-14-9-17(26)18(23)20(19(14)27)33(30,31)13-3-5-29(6-4-13)21-28-12(10-32-21)7-11-1-2-16(25)15(24)8-11/h1-2,8-10,13H,3-7H2. The second-order valence-corrected chi connectivity index (χ2v) is 12.6. The summed E-state index contributed by atoms with van der Waals surface area (Å²) >= 11 is 13.0. The maximum Gasteiger partial charge on any atom is 0.185 e. The molecule has 1 aliphatic rings. The Kier molecular flexibility index (Phi) is 7.45. The van der Waals surface area contributed by atoms with Gasteiger partial charge in [0.05, 0.1) is 24.9 Å². The summed E-state index contributed by atoms with van der Waals surface area (Å²) in [6.45, 7) is 0.823. The number of thiazole rings is 1. The zero-order valence-electron chi connectivity index (χ0n) is 16.8. The number of halogens is 6. The number of anilines is 1. The summed E-state index contributed by atoms with van der Waals surface area (Å²) in [6, 6.07) is 5.42. The van der Waals surface area contributed by atoms with Crippen molar-refractivity contribution in [2.45, 2.75) is 29.4 Å². The van der Waals surface area contributed by atoms with Crippen molar-refractivity contribution >= 4 is 69.8 Å². The lowest BCUT2D eigenvalue weighted by atomic mass is 10.1. The van der Waals surface area contributed by atoms with Gasteiger partial charge in [-0.15, -0.1) is 11.3 Å². The van der Waals surface area contributed by atoms with E-state index in [2.05, 4.69) is 36.8 Å². The summed E-state index contributed by atoms with van der Waals surface area (Å²) in [5, 5.41) is 1.86. The minimum absolute atomic E-state index is 0.0552. The normalized spacial score (nSPS) is 15.3. The molecule has 0 saturated carbocycles. The van der Waals surface area contributed by atoms with Crippen LogP contribution in [0, 0.1) is 17.5 Å². The molecule has 0 radical (unpaired) electrons. The molecule has 1 aromatic heterocycles. The fourth-order valence-electron chi connectivity index (χ4n) is 3.71. The average Bonchev–Trinajstić information content (AvgIpc) is 3.23. The van der Waals surface area contributed by atoms with E-state index in [0.717, 1.165) is 22.5 Å². The molecular weight excluding hydrogens is 629 g/mol. The van der Waals surface area contributed by atoms with E-state index in [4.69, 9.17) is 11.6 Å². The zero-order valence-corrected chi connectivity index (χ0v) is 22.4. The lowest BCUT2D eigenvalue weighted by Gasteiger charge is -2.31. The number of hydrogen-bond acceptors (Lipinski definition) is 5. The Hall–Kier alpha value is -1.14. The van der Waals surface area contributed by atoms with Gasteiger partial charge in [-0.1, -0.05) is 17.7 Å². The Morgan fingerprint density at radius 3 is 2.48 bits per heavy atom. The molecule has 1 saturated heterocycles. The Balaban J connectivity index is 1.46. The molecule has 1 aliphatic heterocycles. The van der Waals surface area contributed by atoms with Crippen molar-refractivity contribution < 1.29 is 21.6 Å². The fourth-order valence-corrected chi connectivity index (χ4v) is 8.16. The first-order valence-electron chi connectivity index (χ1n) is 9.78. The van der Waals surface area contributed by atoms with Gasteiger partial charge in [0.2, 0.25) is 0 Å². The van der Waals surface area contributed by atoms with Crippen LogP contribution in [0.25, 0.3) is 0 Å². The molecule has 2 aromatic carbocycles. The number of sulfone groups is 1. The summed E-state index contributed by atoms with van der Waals surface area (Å²) < 4.78 is 67.6. The van der Waals surface area contributed by atoms with Crippen LogP contribution in [-0.2, 0) is 16.3 Å². The number of aromatic nitrogens is 1. The molecule has 1 fully saturated rings. The third-order valence-corrected chi connectivity index (χ3v) is 10.6. The lowest BCUT2D eigenvalue weighted by molar-refractivity contribution is 0.512. The first-order valence-corrected chi connectivity index (χ1v) is 14.2. The van der Waals surface area contributed by atoms with E-state index in [1.165, 1.54) is 17.4 Å². The van der Waals surface area contributed by atoms with Gasteiger partial charge in [0.15, 0.2) is 20.8 Å². The highest BCUT2D eigenvalue weighted by Gasteiger charge is 2.37. The summed E-state index contributed by atoms with van der Waals surface area (Å²) in [7, 11) is -4.10. The minimum atomic E-state index is -4.10. The Morgan fingerprint density at radius 1 is 1.12 bits per heavy atom. The van der Waals surface area contributed by atoms with Crippen molar-refractivity contribution in [1.29, 1.82) is 0 Å². The Bertz CT molecular complexity index is 1290. The lowest BCUT2D eigenvalue weighted by Crippen LogP contribution is -2.39. The van der Waals surface area contributed by atoms with Crippen molar-refractivity contribution in [1.82, 2.24) is 4.98 Å². The first kappa shape index (κ1) is 25.0. The van der Waals surface area contributed by atoms with E-state index in [-0.39, 0.29) is 22.3 Å². The van der Waals surface area contributed by atoms with Crippen molar-refractivity contribution in [3.63, 3.8) is 0 Å². The van der Waals surface area contributed by atoms with Gasteiger partial charge >= 0.3 is 0 Å². The first-order chi connectivity index (χ1) is 15.6. The molecule has 0 bridgehead atoms. The highest BCUT2D eigenvalue weighted by Crippen LogP contribution is 2.37. The molecule has 0 aliphatic carbocycles. The van der Waals surface area contributed by atoms with E-state index in [9.17, 15) is 21.6 Å². The number of rotatable bonds is 5. The molecule has 0 unspecified atom stereocenters. The van der Waals surface area contributed by atoms with Gasteiger partial charge < -0.3 is 4.90 Å². The van der Waals surface area contributed by atoms with E-state index < -0.39 is 41.9 Å². The molecule has 176 valence electrons. The second kappa shape index (κ2) is 9.85.